The molecule has 1 heterocycles. The standard InChI is InChI=1S/C21H15ClN2O3S/c1-26-17-11-10-16(22)19-18(17)23-21(28-19)24-20(25)13-6-5-9-15(12-13)27-14-7-3-2-4-8-14/h2-12H,1H3,(H,23,24,25). The van der Waals surface area contributed by atoms with Crippen LogP contribution in [0.4, 0.5) is 5.13 Å². The summed E-state index contributed by atoms with van der Waals surface area (Å²) in [5.41, 5.74) is 1.09. The van der Waals surface area contributed by atoms with E-state index in [0.29, 0.717) is 38.5 Å². The number of para-hydroxylation sites is 1. The van der Waals surface area contributed by atoms with E-state index >= 15 is 0 Å². The summed E-state index contributed by atoms with van der Waals surface area (Å²) in [7, 11) is 1.57. The molecule has 140 valence electrons. The molecule has 4 aromatic rings. The Balaban J connectivity index is 1.56. The second-order valence-electron chi connectivity index (χ2n) is 5.84. The fourth-order valence-electron chi connectivity index (χ4n) is 2.67. The van der Waals surface area contributed by atoms with Crippen molar-refractivity contribution in [3.8, 4) is 17.2 Å². The molecule has 0 radical (unpaired) electrons. The predicted molar refractivity (Wildman–Crippen MR) is 112 cm³/mol. The molecular formula is C21H15ClN2O3S. The number of carbonyl (C=O) groups excluding carboxylic acids is 1. The van der Waals surface area contributed by atoms with Gasteiger partial charge in [0.1, 0.15) is 22.8 Å². The maximum atomic E-state index is 12.7. The van der Waals surface area contributed by atoms with Crippen LogP contribution in [0, 0.1) is 0 Å². The lowest BCUT2D eigenvalue weighted by Crippen LogP contribution is -2.11. The summed E-state index contributed by atoms with van der Waals surface area (Å²) in [5.74, 6) is 1.60. The van der Waals surface area contributed by atoms with Crippen LogP contribution < -0.4 is 14.8 Å². The van der Waals surface area contributed by atoms with Gasteiger partial charge < -0.3 is 9.47 Å². The number of nitrogens with zero attached hydrogens (tertiary/aromatic N) is 1. The van der Waals surface area contributed by atoms with Crippen LogP contribution in [0.25, 0.3) is 10.2 Å². The number of halogens is 1. The van der Waals surface area contributed by atoms with E-state index in [2.05, 4.69) is 10.3 Å². The van der Waals surface area contributed by atoms with Gasteiger partial charge in [0.05, 0.1) is 16.8 Å². The molecule has 0 aliphatic heterocycles. The Morgan fingerprint density at radius 1 is 1.04 bits per heavy atom. The van der Waals surface area contributed by atoms with Gasteiger partial charge in [-0.15, -0.1) is 0 Å². The number of rotatable bonds is 5. The van der Waals surface area contributed by atoms with Crippen LogP contribution in [-0.2, 0) is 0 Å². The van der Waals surface area contributed by atoms with Crippen LogP contribution in [-0.4, -0.2) is 18.0 Å². The van der Waals surface area contributed by atoms with Crippen molar-refractivity contribution in [3.63, 3.8) is 0 Å². The van der Waals surface area contributed by atoms with Gasteiger partial charge in [0.25, 0.3) is 5.91 Å². The number of benzene rings is 3. The molecule has 7 heteroatoms. The second kappa shape index (κ2) is 7.88. The molecule has 4 rings (SSSR count). The number of methoxy groups -OCH3 is 1. The first-order chi connectivity index (χ1) is 13.6. The number of aromatic nitrogens is 1. The average Bonchev–Trinajstić information content (AvgIpc) is 3.14. The molecule has 0 saturated heterocycles. The first-order valence-electron chi connectivity index (χ1n) is 8.41. The minimum atomic E-state index is -0.285. The summed E-state index contributed by atoms with van der Waals surface area (Å²) >= 11 is 7.53. The first kappa shape index (κ1) is 18.3. The van der Waals surface area contributed by atoms with Crippen molar-refractivity contribution >= 4 is 44.2 Å². The van der Waals surface area contributed by atoms with Crippen molar-refractivity contribution in [2.24, 2.45) is 0 Å². The number of carbonyl (C=O) groups is 1. The van der Waals surface area contributed by atoms with Gasteiger partial charge >= 0.3 is 0 Å². The fourth-order valence-corrected chi connectivity index (χ4v) is 3.82. The molecule has 0 fully saturated rings. The highest BCUT2D eigenvalue weighted by molar-refractivity contribution is 7.23. The smallest absolute Gasteiger partial charge is 0.257 e. The third kappa shape index (κ3) is 3.78. The minimum Gasteiger partial charge on any atom is -0.494 e. The largest absolute Gasteiger partial charge is 0.494 e. The van der Waals surface area contributed by atoms with Gasteiger partial charge in [0, 0.05) is 5.56 Å². The van der Waals surface area contributed by atoms with Crippen molar-refractivity contribution in [1.29, 1.82) is 0 Å². The van der Waals surface area contributed by atoms with E-state index in [9.17, 15) is 4.79 Å². The van der Waals surface area contributed by atoms with Crippen LogP contribution in [0.15, 0.2) is 66.7 Å². The lowest BCUT2D eigenvalue weighted by atomic mass is 10.2. The van der Waals surface area contributed by atoms with E-state index in [4.69, 9.17) is 21.1 Å². The van der Waals surface area contributed by atoms with Crippen LogP contribution in [0.2, 0.25) is 5.02 Å². The van der Waals surface area contributed by atoms with Crippen LogP contribution in [0.1, 0.15) is 10.4 Å². The topological polar surface area (TPSA) is 60.5 Å². The van der Waals surface area contributed by atoms with E-state index in [-0.39, 0.29) is 5.91 Å². The number of anilines is 1. The zero-order valence-corrected chi connectivity index (χ0v) is 16.4. The lowest BCUT2D eigenvalue weighted by molar-refractivity contribution is 0.102. The van der Waals surface area contributed by atoms with Crippen LogP contribution in [0.3, 0.4) is 0 Å². The molecule has 3 aromatic carbocycles. The van der Waals surface area contributed by atoms with E-state index in [1.54, 1.807) is 43.5 Å². The number of ether oxygens (including phenoxy) is 2. The van der Waals surface area contributed by atoms with Crippen LogP contribution in [0.5, 0.6) is 17.2 Å². The monoisotopic (exact) mass is 410 g/mol. The SMILES string of the molecule is COc1ccc(Cl)c2sc(NC(=O)c3cccc(Oc4ccccc4)c3)nc12. The van der Waals surface area contributed by atoms with Gasteiger partial charge in [-0.05, 0) is 42.5 Å². The van der Waals surface area contributed by atoms with Gasteiger partial charge in [-0.3, -0.25) is 10.1 Å². The maximum absolute atomic E-state index is 12.7. The number of amides is 1. The van der Waals surface area contributed by atoms with Crippen molar-refractivity contribution in [3.05, 3.63) is 77.3 Å². The van der Waals surface area contributed by atoms with E-state index in [1.165, 1.54) is 11.3 Å². The Morgan fingerprint density at radius 3 is 2.61 bits per heavy atom. The molecule has 0 spiro atoms. The van der Waals surface area contributed by atoms with Gasteiger partial charge in [-0.2, -0.15) is 0 Å². The molecule has 0 unspecified atom stereocenters. The van der Waals surface area contributed by atoms with Crippen molar-refractivity contribution in [2.45, 2.75) is 0 Å². The number of fused-ring (bicyclic) bond motifs is 1. The summed E-state index contributed by atoms with van der Waals surface area (Å²) in [5, 5.41) is 3.82. The van der Waals surface area contributed by atoms with Crippen molar-refractivity contribution in [1.82, 2.24) is 4.98 Å². The second-order valence-corrected chi connectivity index (χ2v) is 7.25. The van der Waals surface area contributed by atoms with Gasteiger partial charge in [-0.25, -0.2) is 4.98 Å². The zero-order chi connectivity index (χ0) is 19.5. The Morgan fingerprint density at radius 2 is 1.82 bits per heavy atom. The van der Waals surface area contributed by atoms with Crippen LogP contribution >= 0.6 is 22.9 Å². The van der Waals surface area contributed by atoms with Crippen molar-refractivity contribution < 1.29 is 14.3 Å². The Bertz CT molecular complexity index is 1150. The third-order valence-corrected chi connectivity index (χ3v) is 5.41. The number of thiazole rings is 1. The molecule has 28 heavy (non-hydrogen) atoms. The molecule has 1 aromatic heterocycles. The van der Waals surface area contributed by atoms with Gasteiger partial charge in [-0.1, -0.05) is 47.2 Å². The highest BCUT2D eigenvalue weighted by Crippen LogP contribution is 2.37. The first-order valence-corrected chi connectivity index (χ1v) is 9.61. The van der Waals surface area contributed by atoms with Gasteiger partial charge in [0.2, 0.25) is 0 Å². The Hall–Kier alpha value is -3.09. The highest BCUT2D eigenvalue weighted by atomic mass is 35.5. The molecular weight excluding hydrogens is 396 g/mol. The molecule has 1 amide bonds. The quantitative estimate of drug-likeness (QED) is 0.438. The minimum absolute atomic E-state index is 0.285. The molecule has 0 aliphatic carbocycles. The highest BCUT2D eigenvalue weighted by Gasteiger charge is 2.15. The lowest BCUT2D eigenvalue weighted by Gasteiger charge is -2.07. The molecule has 1 N–H and O–H groups in total. The summed E-state index contributed by atoms with van der Waals surface area (Å²) in [6.07, 6.45) is 0. The maximum Gasteiger partial charge on any atom is 0.257 e. The normalized spacial score (nSPS) is 10.6. The summed E-state index contributed by atoms with van der Waals surface area (Å²) in [6.45, 7) is 0. The summed E-state index contributed by atoms with van der Waals surface area (Å²) < 4.78 is 11.9. The van der Waals surface area contributed by atoms with Gasteiger partial charge in [0.15, 0.2) is 5.13 Å². The zero-order valence-electron chi connectivity index (χ0n) is 14.8. The van der Waals surface area contributed by atoms with E-state index in [0.717, 1.165) is 4.70 Å². The summed E-state index contributed by atoms with van der Waals surface area (Å²) in [4.78, 5) is 17.1. The average molecular weight is 411 g/mol. The fraction of sp³-hybridized carbons (Fsp3) is 0.0476. The number of nitrogens with one attached hydrogen (secondary N) is 1. The molecule has 0 aliphatic rings. The van der Waals surface area contributed by atoms with Crippen molar-refractivity contribution in [2.75, 3.05) is 12.4 Å². The molecule has 0 saturated carbocycles. The Labute approximate surface area is 170 Å². The number of hydrogen-bond donors (Lipinski definition) is 1. The number of hydrogen-bond acceptors (Lipinski definition) is 5. The van der Waals surface area contributed by atoms with E-state index < -0.39 is 0 Å². The molecule has 0 bridgehead atoms. The summed E-state index contributed by atoms with van der Waals surface area (Å²) in [6, 6.07) is 19.9. The Kier molecular flexibility index (Phi) is 5.14. The third-order valence-electron chi connectivity index (χ3n) is 3.97. The molecule has 0 atom stereocenters. The van der Waals surface area contributed by atoms with E-state index in [1.807, 2.05) is 30.3 Å². The molecule has 5 nitrogen and oxygen atoms in total. The predicted octanol–water partition coefficient (Wildman–Crippen LogP) is 6.00.